The molecule has 0 radical (unpaired) electrons. The van der Waals surface area contributed by atoms with Crippen LogP contribution in [0, 0.1) is 0 Å². The quantitative estimate of drug-likeness (QED) is 0.553. The van der Waals surface area contributed by atoms with E-state index >= 15 is 0 Å². The van der Waals surface area contributed by atoms with E-state index in [0.717, 1.165) is 3.51 Å². The van der Waals surface area contributed by atoms with Crippen LogP contribution in [0.5, 0.6) is 0 Å². The van der Waals surface area contributed by atoms with E-state index in [1.807, 2.05) is 0 Å². The van der Waals surface area contributed by atoms with Crippen molar-refractivity contribution in [3.8, 4) is 0 Å². The second kappa shape index (κ2) is 6.98. The molecule has 0 bridgehead atoms. The van der Waals surface area contributed by atoms with Crippen LogP contribution in [0.25, 0.3) is 0 Å². The molecule has 1 aliphatic rings. The van der Waals surface area contributed by atoms with Crippen LogP contribution in [0.15, 0.2) is 45.2 Å². The zero-order valence-corrected chi connectivity index (χ0v) is 14.2. The summed E-state index contributed by atoms with van der Waals surface area (Å²) in [6.07, 6.45) is -9.25. The summed E-state index contributed by atoms with van der Waals surface area (Å²) in [4.78, 5) is 0. The van der Waals surface area contributed by atoms with Crippen molar-refractivity contribution in [2.75, 3.05) is 13.2 Å². The number of rotatable bonds is 5. The minimum atomic E-state index is -4.63. The Kier molecular flexibility index (Phi) is 5.44. The molecule has 0 spiro atoms. The van der Waals surface area contributed by atoms with Gasteiger partial charge in [-0.1, -0.05) is 0 Å². The van der Waals surface area contributed by atoms with Gasteiger partial charge in [0.25, 0.3) is 0 Å². The number of hydrogen-bond donors (Lipinski definition) is 1. The predicted molar refractivity (Wildman–Crippen MR) is 69.8 cm³/mol. The summed E-state index contributed by atoms with van der Waals surface area (Å²) in [5, 5.41) is 0. The molecular formula is C12H11F6N2O2Sb. The van der Waals surface area contributed by atoms with Gasteiger partial charge in [0.2, 0.25) is 0 Å². The molecule has 1 heterocycles. The summed E-state index contributed by atoms with van der Waals surface area (Å²) in [5.74, 6) is -1.06. The molecule has 11 heteroatoms. The Morgan fingerprint density at radius 1 is 0.913 bits per heavy atom. The Labute approximate surface area is 134 Å². The first-order valence-electron chi connectivity index (χ1n) is 6.18. The standard InChI is InChI=1S/C6H5F6N2O2.C6H5.Sb.H/c7-5(8,9)1-15-3(13)4(14)16-2-6(10,11)12;1-2-4-6-5-3-1;;/h13H,1-2H2;1-5H;;/q-1;;+1;. The van der Waals surface area contributed by atoms with Crippen molar-refractivity contribution in [2.45, 2.75) is 12.4 Å². The summed E-state index contributed by atoms with van der Waals surface area (Å²) in [5.41, 5.74) is 0. The Bertz CT molecular complexity index is 612. The maximum absolute atomic E-state index is 12.2. The molecule has 4 nitrogen and oxygen atoms in total. The third kappa shape index (κ3) is 5.93. The molecule has 0 fully saturated rings. The van der Waals surface area contributed by atoms with E-state index in [9.17, 15) is 26.3 Å². The fourth-order valence-corrected chi connectivity index (χ4v) is 6.14. The zero-order valence-electron chi connectivity index (χ0n) is 11.3. The van der Waals surface area contributed by atoms with Crippen LogP contribution in [-0.4, -0.2) is 45.9 Å². The van der Waals surface area contributed by atoms with Gasteiger partial charge in [0.1, 0.15) is 0 Å². The van der Waals surface area contributed by atoms with E-state index < -0.39 is 57.6 Å². The van der Waals surface area contributed by atoms with Crippen molar-refractivity contribution in [3.63, 3.8) is 0 Å². The van der Waals surface area contributed by atoms with Gasteiger partial charge in [0.15, 0.2) is 0 Å². The fourth-order valence-electron chi connectivity index (χ4n) is 1.57. The van der Waals surface area contributed by atoms with Gasteiger partial charge in [-0.15, -0.1) is 0 Å². The number of ether oxygens (including phenoxy) is 2. The fraction of sp³-hybridized carbons (Fsp3) is 0.333. The van der Waals surface area contributed by atoms with Gasteiger partial charge in [-0.3, -0.25) is 0 Å². The summed E-state index contributed by atoms with van der Waals surface area (Å²) >= 11 is -3.04. The molecule has 0 aliphatic carbocycles. The molecule has 1 unspecified atom stereocenters. The third-order valence-electron chi connectivity index (χ3n) is 2.44. The van der Waals surface area contributed by atoms with Crippen molar-refractivity contribution in [3.05, 3.63) is 42.1 Å². The zero-order chi connectivity index (χ0) is 17.1. The Morgan fingerprint density at radius 2 is 1.48 bits per heavy atom. The Balaban J connectivity index is 2.14. The predicted octanol–water partition coefficient (Wildman–Crippen LogP) is 2.27. The third-order valence-corrected chi connectivity index (χ3v) is 7.49. The van der Waals surface area contributed by atoms with E-state index in [4.69, 9.17) is 0 Å². The molecule has 1 N–H and O–H groups in total. The first-order valence-corrected chi connectivity index (χ1v) is 10.3. The Hall–Kier alpha value is -1.44. The summed E-state index contributed by atoms with van der Waals surface area (Å²) in [7, 11) is 0. The van der Waals surface area contributed by atoms with Crippen molar-refractivity contribution in [1.82, 2.24) is 3.48 Å². The van der Waals surface area contributed by atoms with Crippen LogP contribution in [0.1, 0.15) is 0 Å². The Morgan fingerprint density at radius 3 is 2.04 bits per heavy atom. The SMILES string of the molecule is FC(F)(F)COC1=C(OCC(F)(F)F)[NH][SbH]([c]2ccccc2)=[N]1. The molecule has 1 aromatic carbocycles. The molecule has 1 atom stereocenters. The van der Waals surface area contributed by atoms with Crippen LogP contribution in [-0.2, 0) is 9.47 Å². The van der Waals surface area contributed by atoms with Crippen LogP contribution in [0.2, 0.25) is 0 Å². The van der Waals surface area contributed by atoms with Crippen molar-refractivity contribution < 1.29 is 35.8 Å². The summed E-state index contributed by atoms with van der Waals surface area (Å²) in [6.45, 7) is -3.30. The number of benzene rings is 1. The number of nitrogens with one attached hydrogen (secondary N) is 1. The average molecular weight is 451 g/mol. The molecule has 1 aliphatic heterocycles. The second-order valence-corrected chi connectivity index (χ2v) is 9.38. The first kappa shape index (κ1) is 17.9. The molecule has 23 heavy (non-hydrogen) atoms. The number of hydrogen-bond acceptors (Lipinski definition) is 4. The average Bonchev–Trinajstić information content (AvgIpc) is 2.86. The van der Waals surface area contributed by atoms with Crippen LogP contribution in [0.4, 0.5) is 26.3 Å². The molecule has 128 valence electrons. The van der Waals surface area contributed by atoms with Crippen LogP contribution < -0.4 is 6.99 Å². The van der Waals surface area contributed by atoms with Crippen molar-refractivity contribution in [1.29, 1.82) is 0 Å². The summed E-state index contributed by atoms with van der Waals surface area (Å²) in [6, 6.07) is 8.52. The van der Waals surface area contributed by atoms with Gasteiger partial charge in [-0.2, -0.15) is 0 Å². The second-order valence-electron chi connectivity index (χ2n) is 4.39. The van der Waals surface area contributed by atoms with Crippen molar-refractivity contribution >= 4 is 23.8 Å². The van der Waals surface area contributed by atoms with Crippen LogP contribution >= 0.6 is 0 Å². The molecular weight excluding hydrogens is 440 g/mol. The molecule has 0 aromatic heterocycles. The van der Waals surface area contributed by atoms with Gasteiger partial charge < -0.3 is 0 Å². The van der Waals surface area contributed by atoms with E-state index in [0.29, 0.717) is 0 Å². The topological polar surface area (TPSA) is 42.9 Å². The van der Waals surface area contributed by atoms with E-state index in [2.05, 4.69) is 16.0 Å². The van der Waals surface area contributed by atoms with E-state index in [1.165, 1.54) is 0 Å². The normalized spacial score (nSPS) is 18.4. The minimum absolute atomic E-state index is 0.496. The summed E-state index contributed by atoms with van der Waals surface area (Å²) < 4.78 is 89.7. The molecule has 1 aromatic rings. The number of halogens is 6. The number of nitrogens with zero attached hydrogens (tertiary/aromatic N) is 1. The molecule has 0 saturated heterocycles. The molecule has 0 amide bonds. The van der Waals surface area contributed by atoms with Gasteiger partial charge in [0, 0.05) is 0 Å². The van der Waals surface area contributed by atoms with Crippen LogP contribution in [0.3, 0.4) is 0 Å². The van der Waals surface area contributed by atoms with Gasteiger partial charge >= 0.3 is 134 Å². The van der Waals surface area contributed by atoms with E-state index in [-0.39, 0.29) is 0 Å². The molecule has 0 saturated carbocycles. The van der Waals surface area contributed by atoms with E-state index in [1.54, 1.807) is 30.3 Å². The molecule has 2 rings (SSSR count). The van der Waals surface area contributed by atoms with Gasteiger partial charge in [-0.25, -0.2) is 0 Å². The van der Waals surface area contributed by atoms with Gasteiger partial charge in [0.05, 0.1) is 0 Å². The first-order chi connectivity index (χ1) is 10.6. The van der Waals surface area contributed by atoms with Gasteiger partial charge in [-0.05, 0) is 0 Å². The maximum atomic E-state index is 12.2. The van der Waals surface area contributed by atoms with Crippen molar-refractivity contribution in [2.24, 2.45) is 3.09 Å². The number of alkyl halides is 6. The monoisotopic (exact) mass is 450 g/mol.